The Morgan fingerprint density at radius 1 is 1.19 bits per heavy atom. The molecular formula is C24H31BrN2. The number of hydrogen-bond acceptors (Lipinski definition) is 2. The number of halogens is 1. The highest BCUT2D eigenvalue weighted by Crippen LogP contribution is 2.44. The van der Waals surface area contributed by atoms with Crippen molar-refractivity contribution in [3.05, 3.63) is 57.1 Å². The minimum absolute atomic E-state index is 0.208. The Hall–Kier alpha value is -1.61. The van der Waals surface area contributed by atoms with Crippen molar-refractivity contribution in [1.29, 1.82) is 0 Å². The number of hydrogen-bond donors (Lipinski definition) is 0. The van der Waals surface area contributed by atoms with Crippen LogP contribution in [0.3, 0.4) is 0 Å². The van der Waals surface area contributed by atoms with Crippen molar-refractivity contribution in [3.8, 4) is 0 Å². The van der Waals surface area contributed by atoms with Crippen molar-refractivity contribution in [2.45, 2.75) is 65.8 Å². The fourth-order valence-corrected chi connectivity index (χ4v) is 4.54. The summed E-state index contributed by atoms with van der Waals surface area (Å²) in [4.78, 5) is 7.34. The summed E-state index contributed by atoms with van der Waals surface area (Å²) in [5.74, 6) is 0.561. The minimum Gasteiger partial charge on any atom is -0.366 e. The van der Waals surface area contributed by atoms with Crippen LogP contribution in [-0.2, 0) is 0 Å². The molecule has 1 aliphatic heterocycles. The number of nitrogens with zero attached hydrogens (tertiary/aromatic N) is 2. The van der Waals surface area contributed by atoms with Crippen molar-refractivity contribution in [1.82, 2.24) is 0 Å². The largest absolute Gasteiger partial charge is 0.366 e. The second kappa shape index (κ2) is 7.79. The molecule has 1 aliphatic rings. The van der Waals surface area contributed by atoms with E-state index in [1.54, 1.807) is 0 Å². The van der Waals surface area contributed by atoms with Crippen LogP contribution in [0.4, 0.5) is 11.4 Å². The maximum Gasteiger partial charge on any atom is 0.0633 e. The fourth-order valence-electron chi connectivity index (χ4n) is 4.29. The molecule has 1 atom stereocenters. The van der Waals surface area contributed by atoms with Gasteiger partial charge in [0.1, 0.15) is 0 Å². The number of anilines is 1. The maximum atomic E-state index is 4.74. The molecule has 2 aromatic carbocycles. The quantitative estimate of drug-likeness (QED) is 0.467. The van der Waals surface area contributed by atoms with E-state index in [4.69, 9.17) is 4.99 Å². The third kappa shape index (κ3) is 4.13. The van der Waals surface area contributed by atoms with Gasteiger partial charge in [0, 0.05) is 28.5 Å². The van der Waals surface area contributed by atoms with Gasteiger partial charge in [0.25, 0.3) is 0 Å². The Kier molecular flexibility index (Phi) is 5.81. The van der Waals surface area contributed by atoms with Crippen LogP contribution in [0.25, 0.3) is 0 Å². The van der Waals surface area contributed by atoms with Crippen molar-refractivity contribution in [2.24, 2.45) is 4.99 Å². The van der Waals surface area contributed by atoms with Gasteiger partial charge >= 0.3 is 0 Å². The topological polar surface area (TPSA) is 15.6 Å². The van der Waals surface area contributed by atoms with E-state index in [-0.39, 0.29) is 5.54 Å². The molecule has 27 heavy (non-hydrogen) atoms. The van der Waals surface area contributed by atoms with Gasteiger partial charge in [-0.25, -0.2) is 0 Å². The molecule has 0 saturated heterocycles. The first-order valence-corrected chi connectivity index (χ1v) is 10.7. The second-order valence-corrected chi connectivity index (χ2v) is 9.38. The predicted molar refractivity (Wildman–Crippen MR) is 122 cm³/mol. The fraction of sp³-hybridized carbons (Fsp3) is 0.458. The van der Waals surface area contributed by atoms with Gasteiger partial charge in [0.2, 0.25) is 0 Å². The lowest BCUT2D eigenvalue weighted by molar-refractivity contribution is 0.376. The molecular weight excluding hydrogens is 396 g/mol. The van der Waals surface area contributed by atoms with Crippen molar-refractivity contribution in [2.75, 3.05) is 11.4 Å². The van der Waals surface area contributed by atoms with Crippen LogP contribution in [0.1, 0.15) is 68.7 Å². The summed E-state index contributed by atoms with van der Waals surface area (Å²) in [6.07, 6.45) is 4.38. The highest BCUT2D eigenvalue weighted by Gasteiger charge is 2.36. The van der Waals surface area contributed by atoms with Crippen molar-refractivity contribution >= 4 is 33.5 Å². The van der Waals surface area contributed by atoms with E-state index in [9.17, 15) is 0 Å². The monoisotopic (exact) mass is 426 g/mol. The minimum atomic E-state index is 0.208. The van der Waals surface area contributed by atoms with Crippen LogP contribution in [0, 0.1) is 13.8 Å². The van der Waals surface area contributed by atoms with Gasteiger partial charge in [-0.15, -0.1) is 0 Å². The summed E-state index contributed by atoms with van der Waals surface area (Å²) in [6, 6.07) is 11.0. The molecule has 1 unspecified atom stereocenters. The summed E-state index contributed by atoms with van der Waals surface area (Å²) < 4.78 is 1.12. The normalized spacial score (nSPS) is 18.8. The van der Waals surface area contributed by atoms with Gasteiger partial charge in [-0.2, -0.15) is 0 Å². The van der Waals surface area contributed by atoms with Gasteiger partial charge in [-0.1, -0.05) is 29.8 Å². The first kappa shape index (κ1) is 20.1. The first-order chi connectivity index (χ1) is 12.7. The SMILES string of the molecule is CCCN1c2cc(C)c(C=Nc3ccc(Br)c(C)c3)cc2C(C)CC1(C)C. The zero-order valence-corrected chi connectivity index (χ0v) is 19.0. The molecule has 0 fully saturated rings. The van der Waals surface area contributed by atoms with Crippen LogP contribution < -0.4 is 4.90 Å². The number of rotatable bonds is 4. The average Bonchev–Trinajstić information content (AvgIpc) is 2.59. The Morgan fingerprint density at radius 3 is 2.59 bits per heavy atom. The standard InChI is InChI=1S/C24H31BrN2/c1-7-10-27-23-12-16(2)19(13-21(23)18(4)14-24(27,5)6)15-26-20-8-9-22(25)17(3)11-20/h8-9,11-13,15,18H,7,10,14H2,1-6H3. The van der Waals surface area contributed by atoms with Crippen LogP contribution in [0.2, 0.25) is 0 Å². The van der Waals surface area contributed by atoms with E-state index >= 15 is 0 Å². The molecule has 144 valence electrons. The molecule has 2 aromatic rings. The van der Waals surface area contributed by atoms with E-state index in [1.165, 1.54) is 40.8 Å². The molecule has 0 aromatic heterocycles. The summed E-state index contributed by atoms with van der Waals surface area (Å²) in [5.41, 5.74) is 7.79. The van der Waals surface area contributed by atoms with E-state index in [1.807, 2.05) is 6.21 Å². The van der Waals surface area contributed by atoms with Gasteiger partial charge in [0.15, 0.2) is 0 Å². The highest BCUT2D eigenvalue weighted by molar-refractivity contribution is 9.10. The van der Waals surface area contributed by atoms with Crippen LogP contribution >= 0.6 is 15.9 Å². The summed E-state index contributed by atoms with van der Waals surface area (Å²) in [6.45, 7) is 14.8. The third-order valence-corrected chi connectivity index (χ3v) is 6.60. The zero-order valence-electron chi connectivity index (χ0n) is 17.4. The molecule has 1 heterocycles. The smallest absolute Gasteiger partial charge is 0.0633 e. The zero-order chi connectivity index (χ0) is 19.8. The Balaban J connectivity index is 1.99. The maximum absolute atomic E-state index is 4.74. The lowest BCUT2D eigenvalue weighted by Crippen LogP contribution is -2.48. The molecule has 3 heteroatoms. The Morgan fingerprint density at radius 2 is 1.93 bits per heavy atom. The van der Waals surface area contributed by atoms with Crippen molar-refractivity contribution < 1.29 is 0 Å². The van der Waals surface area contributed by atoms with Gasteiger partial charge in [0.05, 0.1) is 5.69 Å². The van der Waals surface area contributed by atoms with Gasteiger partial charge < -0.3 is 4.90 Å². The van der Waals surface area contributed by atoms with E-state index in [0.717, 1.165) is 16.7 Å². The van der Waals surface area contributed by atoms with Gasteiger partial charge in [-0.3, -0.25) is 4.99 Å². The molecule has 0 aliphatic carbocycles. The number of aryl methyl sites for hydroxylation is 2. The lowest BCUT2D eigenvalue weighted by atomic mass is 9.79. The Bertz CT molecular complexity index is 867. The second-order valence-electron chi connectivity index (χ2n) is 8.53. The Labute approximate surface area is 172 Å². The summed E-state index contributed by atoms with van der Waals surface area (Å²) >= 11 is 3.56. The van der Waals surface area contributed by atoms with E-state index in [2.05, 4.69) is 92.7 Å². The molecule has 0 saturated carbocycles. The number of benzene rings is 2. The van der Waals surface area contributed by atoms with Crippen molar-refractivity contribution in [3.63, 3.8) is 0 Å². The molecule has 3 rings (SSSR count). The molecule has 2 nitrogen and oxygen atoms in total. The van der Waals surface area contributed by atoms with Gasteiger partial charge in [-0.05, 0) is 99.0 Å². The molecule has 0 amide bonds. The summed E-state index contributed by atoms with van der Waals surface area (Å²) in [5, 5.41) is 0. The van der Waals surface area contributed by atoms with Crippen LogP contribution in [0.5, 0.6) is 0 Å². The van der Waals surface area contributed by atoms with Crippen LogP contribution in [0.15, 0.2) is 39.8 Å². The summed E-state index contributed by atoms with van der Waals surface area (Å²) in [7, 11) is 0. The molecule has 0 radical (unpaired) electrons. The molecule has 0 N–H and O–H groups in total. The molecule has 0 bridgehead atoms. The highest BCUT2D eigenvalue weighted by atomic mass is 79.9. The number of aliphatic imine (C=N–C) groups is 1. The molecule has 0 spiro atoms. The predicted octanol–water partition coefficient (Wildman–Crippen LogP) is 7.32. The first-order valence-electron chi connectivity index (χ1n) is 9.95. The number of fused-ring (bicyclic) bond motifs is 1. The average molecular weight is 427 g/mol. The lowest BCUT2D eigenvalue weighted by Gasteiger charge is -2.48. The van der Waals surface area contributed by atoms with E-state index < -0.39 is 0 Å². The van der Waals surface area contributed by atoms with E-state index in [0.29, 0.717) is 5.92 Å². The van der Waals surface area contributed by atoms with Crippen LogP contribution in [-0.4, -0.2) is 18.3 Å². The third-order valence-electron chi connectivity index (χ3n) is 5.71.